The van der Waals surface area contributed by atoms with Crippen molar-refractivity contribution in [3.05, 3.63) is 0 Å². The van der Waals surface area contributed by atoms with Gasteiger partial charge in [-0.3, -0.25) is 0 Å². The zero-order valence-corrected chi connectivity index (χ0v) is 15.6. The highest BCUT2D eigenvalue weighted by Crippen LogP contribution is 2.06. The lowest BCUT2D eigenvalue weighted by Gasteiger charge is -2.36. The van der Waals surface area contributed by atoms with Crippen LogP contribution >= 0.6 is 0 Å². The fourth-order valence-electron chi connectivity index (χ4n) is 3.51. The van der Waals surface area contributed by atoms with Gasteiger partial charge < -0.3 is 21.3 Å². The monoisotopic (exact) mass is 340 g/mol. The van der Waals surface area contributed by atoms with E-state index in [1.807, 2.05) is 0 Å². The zero-order valence-electron chi connectivity index (χ0n) is 15.6. The first kappa shape index (κ1) is 20.1. The molecule has 2 fully saturated rings. The maximum absolute atomic E-state index is 3.59. The largest absolute Gasteiger partial charge is 0.317 e. The van der Waals surface area contributed by atoms with E-state index in [1.54, 1.807) is 0 Å². The minimum Gasteiger partial charge on any atom is -0.317 e. The first-order valence-corrected chi connectivity index (χ1v) is 10.3. The molecule has 142 valence electrons. The molecule has 0 radical (unpaired) electrons. The predicted molar refractivity (Wildman–Crippen MR) is 102 cm³/mol. The number of hydrogen-bond acceptors (Lipinski definition) is 6. The van der Waals surface area contributed by atoms with Gasteiger partial charge in [0.15, 0.2) is 0 Å². The summed E-state index contributed by atoms with van der Waals surface area (Å²) in [5.74, 6) is 0. The Bertz CT molecular complexity index is 237. The Balaban J connectivity index is 1.82. The van der Waals surface area contributed by atoms with Crippen molar-refractivity contribution in [2.24, 2.45) is 0 Å². The van der Waals surface area contributed by atoms with E-state index in [-0.39, 0.29) is 0 Å². The van der Waals surface area contributed by atoms with Crippen molar-refractivity contribution in [1.82, 2.24) is 31.3 Å². The molecule has 0 amide bonds. The molecule has 6 heteroatoms. The molecule has 0 aromatic rings. The summed E-state index contributed by atoms with van der Waals surface area (Å²) < 4.78 is 0. The first-order chi connectivity index (χ1) is 12.0. The fourth-order valence-corrected chi connectivity index (χ4v) is 3.51. The topological polar surface area (TPSA) is 54.6 Å². The summed E-state index contributed by atoms with van der Waals surface area (Å²) in [6, 6.07) is 0. The van der Waals surface area contributed by atoms with Crippen molar-refractivity contribution in [1.29, 1.82) is 0 Å². The Kier molecular flexibility index (Phi) is 11.7. The highest BCUT2D eigenvalue weighted by molar-refractivity contribution is 4.66. The summed E-state index contributed by atoms with van der Waals surface area (Å²) in [5, 5.41) is 19.5. The van der Waals surface area contributed by atoms with E-state index < -0.39 is 0 Å². The van der Waals surface area contributed by atoms with Crippen LogP contribution < -0.4 is 21.3 Å². The molecule has 0 atom stereocenters. The summed E-state index contributed by atoms with van der Waals surface area (Å²) >= 11 is 0. The van der Waals surface area contributed by atoms with Gasteiger partial charge in [0.05, 0.1) is 0 Å². The van der Waals surface area contributed by atoms with Crippen LogP contribution in [0.2, 0.25) is 0 Å². The van der Waals surface area contributed by atoms with Gasteiger partial charge in [-0.15, -0.1) is 0 Å². The van der Waals surface area contributed by atoms with Gasteiger partial charge in [0.2, 0.25) is 0 Å². The summed E-state index contributed by atoms with van der Waals surface area (Å²) in [4.78, 5) is 0. The van der Waals surface area contributed by atoms with Crippen LogP contribution in [0, 0.1) is 0 Å². The van der Waals surface area contributed by atoms with Crippen LogP contribution in [0.4, 0.5) is 0 Å². The molecule has 2 aliphatic heterocycles. The lowest BCUT2D eigenvalue weighted by atomic mass is 10.2. The maximum atomic E-state index is 3.59. The molecule has 2 aliphatic rings. The Morgan fingerprint density at radius 3 is 1.58 bits per heavy atom. The lowest BCUT2D eigenvalue weighted by Crippen LogP contribution is -2.48. The fraction of sp³-hybridized carbons (Fsp3) is 1.00. The molecule has 0 aromatic heterocycles. The number of nitrogens with one attached hydrogen (secondary N) is 4. The smallest absolute Gasteiger partial charge is 0.0258 e. The summed E-state index contributed by atoms with van der Waals surface area (Å²) in [7, 11) is 0. The van der Waals surface area contributed by atoms with Gasteiger partial charge in [0, 0.05) is 45.8 Å². The third-order valence-electron chi connectivity index (χ3n) is 4.94. The number of hydrogen-bond donors (Lipinski definition) is 4. The third kappa shape index (κ3) is 9.30. The van der Waals surface area contributed by atoms with Gasteiger partial charge in [-0.2, -0.15) is 0 Å². The van der Waals surface area contributed by atoms with E-state index in [1.165, 1.54) is 64.7 Å². The molecule has 0 bridgehead atoms. The van der Waals surface area contributed by atoms with Gasteiger partial charge >= 0.3 is 0 Å². The van der Waals surface area contributed by atoms with E-state index in [0.717, 1.165) is 52.4 Å². The molecule has 0 saturated carbocycles. The molecule has 0 spiro atoms. The molecule has 0 unspecified atom stereocenters. The summed E-state index contributed by atoms with van der Waals surface area (Å²) in [5.41, 5.74) is 0. The van der Waals surface area contributed by atoms with Crippen LogP contribution in [0.25, 0.3) is 0 Å². The Morgan fingerprint density at radius 2 is 0.833 bits per heavy atom. The Hall–Kier alpha value is -0.240. The average molecular weight is 341 g/mol. The minimum atomic E-state index is 1.08. The first-order valence-electron chi connectivity index (χ1n) is 10.3. The van der Waals surface area contributed by atoms with E-state index in [9.17, 15) is 0 Å². The van der Waals surface area contributed by atoms with E-state index >= 15 is 0 Å². The lowest BCUT2D eigenvalue weighted by molar-refractivity contribution is -0.0275. The zero-order chi connectivity index (χ0) is 16.7. The second kappa shape index (κ2) is 14.0. The van der Waals surface area contributed by atoms with Crippen molar-refractivity contribution in [2.45, 2.75) is 38.5 Å². The maximum Gasteiger partial charge on any atom is 0.0258 e. The molecular formula is C18H40N6. The van der Waals surface area contributed by atoms with E-state index in [0.29, 0.717) is 0 Å². The minimum absolute atomic E-state index is 1.08. The van der Waals surface area contributed by atoms with Crippen LogP contribution in [0.3, 0.4) is 0 Å². The van der Waals surface area contributed by atoms with Gasteiger partial charge in [0.25, 0.3) is 0 Å². The normalized spacial score (nSPS) is 26.5. The van der Waals surface area contributed by atoms with Crippen molar-refractivity contribution in [3.63, 3.8) is 0 Å². The van der Waals surface area contributed by atoms with Crippen LogP contribution in [0.5, 0.6) is 0 Å². The summed E-state index contributed by atoms with van der Waals surface area (Å²) in [6.45, 7) is 13.8. The molecular weight excluding hydrogens is 300 g/mol. The molecule has 0 aliphatic carbocycles. The van der Waals surface area contributed by atoms with Crippen LogP contribution in [0.1, 0.15) is 38.5 Å². The predicted octanol–water partition coefficient (Wildman–Crippen LogP) is 0.232. The van der Waals surface area contributed by atoms with Crippen molar-refractivity contribution < 1.29 is 0 Å². The van der Waals surface area contributed by atoms with Gasteiger partial charge in [-0.25, -0.2) is 10.0 Å². The summed E-state index contributed by atoms with van der Waals surface area (Å²) in [6.07, 6.45) is 7.71. The number of rotatable bonds is 1. The van der Waals surface area contributed by atoms with Gasteiger partial charge in [-0.1, -0.05) is 6.42 Å². The molecule has 4 N–H and O–H groups in total. The molecule has 24 heavy (non-hydrogen) atoms. The highest BCUT2D eigenvalue weighted by atomic mass is 15.6. The molecule has 2 rings (SSSR count). The Labute approximate surface area is 149 Å². The van der Waals surface area contributed by atoms with E-state index in [2.05, 4.69) is 31.3 Å². The number of nitrogens with zero attached hydrogens (tertiary/aromatic N) is 2. The van der Waals surface area contributed by atoms with Crippen molar-refractivity contribution >= 4 is 0 Å². The van der Waals surface area contributed by atoms with E-state index in [4.69, 9.17) is 0 Å². The second-order valence-corrected chi connectivity index (χ2v) is 7.03. The quantitative estimate of drug-likeness (QED) is 0.548. The molecule has 2 heterocycles. The standard InChI is InChI=1S/C18H40N6/c1-2-7-21-12-13-22-14-18-24(15-3-1)23-16-5-10-19-8-4-9-20-11-6-17-23/h19-22H,1-18H2. The van der Waals surface area contributed by atoms with Crippen LogP contribution in [-0.4, -0.2) is 88.6 Å². The molecule has 2 saturated heterocycles. The average Bonchev–Trinajstić information content (AvgIpc) is 2.56. The van der Waals surface area contributed by atoms with Gasteiger partial charge in [-0.05, 0) is 64.8 Å². The van der Waals surface area contributed by atoms with Crippen molar-refractivity contribution in [2.75, 3.05) is 78.5 Å². The van der Waals surface area contributed by atoms with Gasteiger partial charge in [0.1, 0.15) is 0 Å². The second-order valence-electron chi connectivity index (χ2n) is 7.03. The highest BCUT2D eigenvalue weighted by Gasteiger charge is 2.15. The van der Waals surface area contributed by atoms with Crippen LogP contribution in [-0.2, 0) is 0 Å². The van der Waals surface area contributed by atoms with Crippen LogP contribution in [0.15, 0.2) is 0 Å². The molecule has 6 nitrogen and oxygen atoms in total. The van der Waals surface area contributed by atoms with Crippen molar-refractivity contribution in [3.8, 4) is 0 Å². The SMILES string of the molecule is C1CCNCCNCCN(N2CCCNCCCNCCC2)CC1. The Morgan fingerprint density at radius 1 is 0.333 bits per heavy atom. The molecule has 0 aromatic carbocycles. The third-order valence-corrected chi connectivity index (χ3v) is 4.94. The number of hydrazine groups is 1.